The van der Waals surface area contributed by atoms with Crippen LogP contribution in [0.3, 0.4) is 0 Å². The number of likely N-dealkylation sites (tertiary alicyclic amines) is 1. The van der Waals surface area contributed by atoms with Gasteiger partial charge >= 0.3 is 6.03 Å². The Labute approximate surface area is 103 Å². The van der Waals surface area contributed by atoms with Crippen LogP contribution >= 0.6 is 0 Å². The summed E-state index contributed by atoms with van der Waals surface area (Å²) < 4.78 is 0. The molecule has 3 nitrogen and oxygen atoms in total. The highest BCUT2D eigenvalue weighted by Crippen LogP contribution is 2.19. The van der Waals surface area contributed by atoms with Gasteiger partial charge < -0.3 is 10.2 Å². The van der Waals surface area contributed by atoms with E-state index in [-0.39, 0.29) is 6.03 Å². The molecule has 1 N–H and O–H groups in total. The molecular weight excluding hydrogens is 212 g/mol. The third-order valence-electron chi connectivity index (χ3n) is 3.40. The molecular formula is C14H20N2O. The monoisotopic (exact) mass is 232 g/mol. The maximum Gasteiger partial charge on any atom is 0.317 e. The molecule has 0 bridgehead atoms. The van der Waals surface area contributed by atoms with E-state index in [1.807, 2.05) is 35.2 Å². The Kier molecular flexibility index (Phi) is 4.02. The first kappa shape index (κ1) is 12.0. The van der Waals surface area contributed by atoms with Gasteiger partial charge in [0.2, 0.25) is 0 Å². The molecule has 3 heteroatoms. The molecule has 0 saturated carbocycles. The van der Waals surface area contributed by atoms with Gasteiger partial charge in [-0.25, -0.2) is 4.79 Å². The molecule has 1 saturated heterocycles. The molecule has 0 spiro atoms. The summed E-state index contributed by atoms with van der Waals surface area (Å²) in [6.45, 7) is 3.67. The van der Waals surface area contributed by atoms with Crippen LogP contribution in [0.15, 0.2) is 30.3 Å². The molecule has 0 radical (unpaired) electrons. The quantitative estimate of drug-likeness (QED) is 0.854. The van der Waals surface area contributed by atoms with Crippen molar-refractivity contribution in [3.05, 3.63) is 35.9 Å². The molecule has 1 aliphatic rings. The molecule has 0 aliphatic carbocycles. The Morgan fingerprint density at radius 1 is 1.41 bits per heavy atom. The average Bonchev–Trinajstić information content (AvgIpc) is 2.85. The number of carbonyl (C=O) groups excluding carboxylic acids is 1. The zero-order chi connectivity index (χ0) is 12.1. The molecule has 1 aliphatic heterocycles. The normalized spacial score (nSPS) is 19.4. The Hall–Kier alpha value is -1.51. The maximum absolute atomic E-state index is 12.0. The fourth-order valence-corrected chi connectivity index (χ4v) is 2.40. The van der Waals surface area contributed by atoms with Crippen LogP contribution in [0.2, 0.25) is 0 Å². The summed E-state index contributed by atoms with van der Waals surface area (Å²) in [5.74, 6) is 0. The van der Waals surface area contributed by atoms with Gasteiger partial charge in [-0.2, -0.15) is 0 Å². The lowest BCUT2D eigenvalue weighted by Crippen LogP contribution is -2.42. The van der Waals surface area contributed by atoms with Gasteiger partial charge in [-0.05, 0) is 24.8 Å². The van der Waals surface area contributed by atoms with E-state index in [1.54, 1.807) is 0 Å². The van der Waals surface area contributed by atoms with Gasteiger partial charge in [0, 0.05) is 19.1 Å². The number of carbonyl (C=O) groups is 1. The van der Waals surface area contributed by atoms with Crippen molar-refractivity contribution in [3.63, 3.8) is 0 Å². The van der Waals surface area contributed by atoms with Crippen molar-refractivity contribution in [3.8, 4) is 0 Å². The predicted octanol–water partition coefficient (Wildman–Crippen LogP) is 2.77. The van der Waals surface area contributed by atoms with Crippen molar-refractivity contribution < 1.29 is 4.79 Å². The summed E-state index contributed by atoms with van der Waals surface area (Å²) in [6, 6.07) is 10.5. The van der Waals surface area contributed by atoms with Gasteiger partial charge in [0.25, 0.3) is 0 Å². The van der Waals surface area contributed by atoms with E-state index in [4.69, 9.17) is 0 Å². The van der Waals surface area contributed by atoms with E-state index in [2.05, 4.69) is 12.2 Å². The topological polar surface area (TPSA) is 32.3 Å². The summed E-state index contributed by atoms with van der Waals surface area (Å²) in [5.41, 5.74) is 1.15. The molecule has 0 aromatic heterocycles. The average molecular weight is 232 g/mol. The largest absolute Gasteiger partial charge is 0.334 e. The van der Waals surface area contributed by atoms with E-state index in [0.717, 1.165) is 31.4 Å². The zero-order valence-corrected chi connectivity index (χ0v) is 10.4. The second-order valence-electron chi connectivity index (χ2n) is 4.54. The number of nitrogens with zero attached hydrogens (tertiary/aromatic N) is 1. The van der Waals surface area contributed by atoms with Crippen molar-refractivity contribution >= 4 is 6.03 Å². The van der Waals surface area contributed by atoms with E-state index >= 15 is 0 Å². The van der Waals surface area contributed by atoms with Crippen LogP contribution in [0.4, 0.5) is 4.79 Å². The van der Waals surface area contributed by atoms with Gasteiger partial charge in [-0.15, -0.1) is 0 Å². The minimum Gasteiger partial charge on any atom is -0.334 e. The summed E-state index contributed by atoms with van der Waals surface area (Å²) in [5, 5.41) is 2.99. The Morgan fingerprint density at radius 2 is 2.18 bits per heavy atom. The lowest BCUT2D eigenvalue weighted by atomic mass is 10.2. The summed E-state index contributed by atoms with van der Waals surface area (Å²) >= 11 is 0. The van der Waals surface area contributed by atoms with Crippen LogP contribution in [-0.2, 0) is 6.54 Å². The highest BCUT2D eigenvalue weighted by molar-refractivity contribution is 5.74. The highest BCUT2D eigenvalue weighted by Gasteiger charge is 2.26. The van der Waals surface area contributed by atoms with Crippen molar-refractivity contribution in [1.29, 1.82) is 0 Å². The second kappa shape index (κ2) is 5.71. The second-order valence-corrected chi connectivity index (χ2v) is 4.54. The van der Waals surface area contributed by atoms with Crippen LogP contribution in [0.1, 0.15) is 31.7 Å². The molecule has 1 atom stereocenters. The number of rotatable bonds is 3. The van der Waals surface area contributed by atoms with Crippen molar-refractivity contribution in [2.75, 3.05) is 6.54 Å². The minimum absolute atomic E-state index is 0.0817. The smallest absolute Gasteiger partial charge is 0.317 e. The van der Waals surface area contributed by atoms with Crippen molar-refractivity contribution in [2.24, 2.45) is 0 Å². The molecule has 1 aromatic rings. The van der Waals surface area contributed by atoms with Crippen LogP contribution in [-0.4, -0.2) is 23.5 Å². The number of nitrogens with one attached hydrogen (secondary N) is 1. The Morgan fingerprint density at radius 3 is 2.88 bits per heavy atom. The molecule has 1 unspecified atom stereocenters. The Balaban J connectivity index is 1.85. The number of amides is 2. The Bertz CT molecular complexity index is 364. The predicted molar refractivity (Wildman–Crippen MR) is 68.7 cm³/mol. The van der Waals surface area contributed by atoms with Crippen LogP contribution < -0.4 is 5.32 Å². The molecule has 1 aromatic carbocycles. The fraction of sp³-hybridized carbons (Fsp3) is 0.500. The first-order valence-corrected chi connectivity index (χ1v) is 6.39. The fourth-order valence-electron chi connectivity index (χ4n) is 2.40. The number of hydrogen-bond acceptors (Lipinski definition) is 1. The highest BCUT2D eigenvalue weighted by atomic mass is 16.2. The SMILES string of the molecule is CCC1CCCN1C(=O)NCc1ccccc1. The van der Waals surface area contributed by atoms with E-state index in [0.29, 0.717) is 12.6 Å². The van der Waals surface area contributed by atoms with Gasteiger partial charge in [0.1, 0.15) is 0 Å². The third-order valence-corrected chi connectivity index (χ3v) is 3.40. The molecule has 2 rings (SSSR count). The van der Waals surface area contributed by atoms with Crippen LogP contribution in [0, 0.1) is 0 Å². The van der Waals surface area contributed by atoms with Crippen molar-refractivity contribution in [2.45, 2.75) is 38.8 Å². The summed E-state index contributed by atoms with van der Waals surface area (Å²) in [6.07, 6.45) is 3.34. The lowest BCUT2D eigenvalue weighted by molar-refractivity contribution is 0.191. The third kappa shape index (κ3) is 2.99. The zero-order valence-electron chi connectivity index (χ0n) is 10.4. The lowest BCUT2D eigenvalue weighted by Gasteiger charge is -2.23. The van der Waals surface area contributed by atoms with Crippen LogP contribution in [0.5, 0.6) is 0 Å². The molecule has 17 heavy (non-hydrogen) atoms. The van der Waals surface area contributed by atoms with E-state index in [1.165, 1.54) is 0 Å². The molecule has 92 valence electrons. The van der Waals surface area contributed by atoms with Gasteiger partial charge in [0.15, 0.2) is 0 Å². The summed E-state index contributed by atoms with van der Waals surface area (Å²) in [7, 11) is 0. The van der Waals surface area contributed by atoms with Gasteiger partial charge in [-0.1, -0.05) is 37.3 Å². The molecule has 1 fully saturated rings. The first-order valence-electron chi connectivity index (χ1n) is 6.39. The minimum atomic E-state index is 0.0817. The van der Waals surface area contributed by atoms with E-state index < -0.39 is 0 Å². The van der Waals surface area contributed by atoms with Gasteiger partial charge in [0.05, 0.1) is 0 Å². The molecule has 1 heterocycles. The summed E-state index contributed by atoms with van der Waals surface area (Å²) in [4.78, 5) is 14.0. The maximum atomic E-state index is 12.0. The van der Waals surface area contributed by atoms with Gasteiger partial charge in [-0.3, -0.25) is 0 Å². The molecule has 2 amide bonds. The number of urea groups is 1. The number of hydrogen-bond donors (Lipinski definition) is 1. The first-order chi connectivity index (χ1) is 8.31. The number of benzene rings is 1. The standard InChI is InChI=1S/C14H20N2O/c1-2-13-9-6-10-16(13)14(17)15-11-12-7-4-3-5-8-12/h3-5,7-8,13H,2,6,9-11H2,1H3,(H,15,17). The van der Waals surface area contributed by atoms with Crippen LogP contribution in [0.25, 0.3) is 0 Å². The van der Waals surface area contributed by atoms with E-state index in [9.17, 15) is 4.79 Å². The van der Waals surface area contributed by atoms with Crippen molar-refractivity contribution in [1.82, 2.24) is 10.2 Å².